The van der Waals surface area contributed by atoms with Gasteiger partial charge in [-0.1, -0.05) is 12.1 Å². The highest BCUT2D eigenvalue weighted by Gasteiger charge is 2.21. The molecular formula is C20H22N6. The van der Waals surface area contributed by atoms with Crippen LogP contribution in [0.3, 0.4) is 0 Å². The molecule has 6 nitrogen and oxygen atoms in total. The summed E-state index contributed by atoms with van der Waals surface area (Å²) in [6.45, 7) is 6.15. The zero-order valence-corrected chi connectivity index (χ0v) is 15.2. The molecule has 1 aromatic carbocycles. The fraction of sp³-hybridized carbons (Fsp3) is 0.350. The molecule has 4 aromatic rings. The molecule has 1 aliphatic heterocycles. The van der Waals surface area contributed by atoms with E-state index in [1.807, 2.05) is 19.1 Å². The summed E-state index contributed by atoms with van der Waals surface area (Å²) in [7, 11) is 2.18. The smallest absolute Gasteiger partial charge is 0.183 e. The van der Waals surface area contributed by atoms with Crippen LogP contribution < -0.4 is 4.90 Å². The minimum Gasteiger partial charge on any atom is -0.352 e. The third kappa shape index (κ3) is 2.41. The number of hydrogen-bond donors (Lipinski definition) is 0. The molecule has 1 fully saturated rings. The van der Waals surface area contributed by atoms with E-state index in [1.165, 1.54) is 0 Å². The topological polar surface area (TPSA) is 49.6 Å². The van der Waals surface area contributed by atoms with E-state index in [0.717, 1.165) is 72.0 Å². The summed E-state index contributed by atoms with van der Waals surface area (Å²) in [6.07, 6.45) is 1.13. The lowest BCUT2D eigenvalue weighted by Crippen LogP contribution is -2.30. The maximum absolute atomic E-state index is 4.99. The van der Waals surface area contributed by atoms with E-state index >= 15 is 0 Å². The van der Waals surface area contributed by atoms with E-state index in [0.29, 0.717) is 0 Å². The number of aryl methyl sites for hydroxylation is 1. The molecule has 0 aliphatic carbocycles. The van der Waals surface area contributed by atoms with Crippen molar-refractivity contribution in [2.75, 3.05) is 38.1 Å². The van der Waals surface area contributed by atoms with Crippen LogP contribution in [0.2, 0.25) is 0 Å². The van der Waals surface area contributed by atoms with E-state index in [9.17, 15) is 0 Å². The van der Waals surface area contributed by atoms with Gasteiger partial charge in [0.05, 0.1) is 11.0 Å². The second kappa shape index (κ2) is 5.92. The largest absolute Gasteiger partial charge is 0.352 e. The van der Waals surface area contributed by atoms with Crippen LogP contribution in [0.4, 0.5) is 5.82 Å². The third-order valence-electron chi connectivity index (χ3n) is 5.21. The molecule has 0 amide bonds. The van der Waals surface area contributed by atoms with Crippen molar-refractivity contribution in [2.24, 2.45) is 0 Å². The van der Waals surface area contributed by atoms with Crippen LogP contribution in [-0.2, 0) is 0 Å². The first kappa shape index (κ1) is 15.5. The zero-order valence-electron chi connectivity index (χ0n) is 15.2. The van der Waals surface area contributed by atoms with Gasteiger partial charge >= 0.3 is 0 Å². The van der Waals surface area contributed by atoms with E-state index in [-0.39, 0.29) is 0 Å². The Morgan fingerprint density at radius 1 is 0.808 bits per heavy atom. The normalized spacial score (nSPS) is 16.6. The Kier molecular flexibility index (Phi) is 3.53. The number of likely N-dealkylation sites (N-methyl/N-ethyl adjacent to an activating group) is 1. The number of pyridine rings is 1. The minimum atomic E-state index is 0.879. The number of imidazole rings is 1. The number of rotatable bonds is 1. The third-order valence-corrected chi connectivity index (χ3v) is 5.21. The van der Waals surface area contributed by atoms with Crippen molar-refractivity contribution >= 4 is 33.7 Å². The van der Waals surface area contributed by atoms with Gasteiger partial charge in [0.2, 0.25) is 0 Å². The minimum absolute atomic E-state index is 0.879. The number of hydrogen-bond acceptors (Lipinski definition) is 5. The van der Waals surface area contributed by atoms with Gasteiger partial charge in [0.1, 0.15) is 5.52 Å². The average Bonchev–Trinajstić information content (AvgIpc) is 2.91. The predicted molar refractivity (Wildman–Crippen MR) is 105 cm³/mol. The van der Waals surface area contributed by atoms with Crippen LogP contribution in [0.25, 0.3) is 27.8 Å². The van der Waals surface area contributed by atoms with Gasteiger partial charge in [0.15, 0.2) is 17.1 Å². The summed E-state index contributed by atoms with van der Waals surface area (Å²) in [6, 6.07) is 12.4. The highest BCUT2D eigenvalue weighted by atomic mass is 15.3. The van der Waals surface area contributed by atoms with Gasteiger partial charge in [-0.05, 0) is 51.2 Å². The van der Waals surface area contributed by atoms with E-state index in [1.54, 1.807) is 0 Å². The van der Waals surface area contributed by atoms with Crippen molar-refractivity contribution in [2.45, 2.75) is 13.3 Å². The highest BCUT2D eigenvalue weighted by Crippen LogP contribution is 2.28. The SMILES string of the molecule is Cc1ccc2nc(N3CCCN(C)CC3)c3nc4ccccc4n3c2n1. The van der Waals surface area contributed by atoms with Gasteiger partial charge in [-0.25, -0.2) is 15.0 Å². The van der Waals surface area contributed by atoms with Gasteiger partial charge in [-0.2, -0.15) is 0 Å². The lowest BCUT2D eigenvalue weighted by Gasteiger charge is -2.22. The molecular weight excluding hydrogens is 324 g/mol. The second-order valence-electron chi connectivity index (χ2n) is 7.13. The maximum Gasteiger partial charge on any atom is 0.183 e. The summed E-state index contributed by atoms with van der Waals surface area (Å²) in [5.41, 5.74) is 5.76. The molecule has 0 bridgehead atoms. The molecule has 4 heterocycles. The number of aromatic nitrogens is 4. The molecule has 1 saturated heterocycles. The van der Waals surface area contributed by atoms with Crippen LogP contribution in [0, 0.1) is 6.92 Å². The van der Waals surface area contributed by atoms with Crippen LogP contribution in [0.1, 0.15) is 12.1 Å². The maximum atomic E-state index is 4.99. The summed E-state index contributed by atoms with van der Waals surface area (Å²) < 4.78 is 2.18. The standard InChI is InChI=1S/C20H22N6/c1-14-8-9-16-18(21-14)26-17-7-4-3-6-15(17)22-20(26)19(23-16)25-11-5-10-24(2)12-13-25/h3-4,6-9H,5,10-13H2,1-2H3. The molecule has 5 rings (SSSR count). The lowest BCUT2D eigenvalue weighted by atomic mass is 10.3. The van der Waals surface area contributed by atoms with Crippen molar-refractivity contribution in [3.05, 3.63) is 42.1 Å². The summed E-state index contributed by atoms with van der Waals surface area (Å²) in [5, 5.41) is 0. The van der Waals surface area contributed by atoms with Crippen LogP contribution in [-0.4, -0.2) is 57.5 Å². The van der Waals surface area contributed by atoms with E-state index in [2.05, 4.69) is 45.5 Å². The first-order valence-corrected chi connectivity index (χ1v) is 9.19. The molecule has 3 aromatic heterocycles. The number of benzene rings is 1. The van der Waals surface area contributed by atoms with Gasteiger partial charge in [-0.15, -0.1) is 0 Å². The van der Waals surface area contributed by atoms with Crippen molar-refractivity contribution in [1.29, 1.82) is 0 Å². The Hall–Kier alpha value is -2.73. The molecule has 0 atom stereocenters. The molecule has 1 aliphatic rings. The fourth-order valence-corrected chi connectivity index (χ4v) is 3.81. The molecule has 26 heavy (non-hydrogen) atoms. The van der Waals surface area contributed by atoms with Crippen molar-refractivity contribution in [1.82, 2.24) is 24.3 Å². The van der Waals surface area contributed by atoms with Crippen LogP contribution in [0.15, 0.2) is 36.4 Å². The van der Waals surface area contributed by atoms with Crippen molar-refractivity contribution in [3.8, 4) is 0 Å². The Morgan fingerprint density at radius 2 is 1.69 bits per heavy atom. The number of para-hydroxylation sites is 2. The Bertz CT molecular complexity index is 1120. The van der Waals surface area contributed by atoms with Crippen molar-refractivity contribution in [3.63, 3.8) is 0 Å². The van der Waals surface area contributed by atoms with E-state index in [4.69, 9.17) is 15.0 Å². The molecule has 0 N–H and O–H groups in total. The molecule has 0 spiro atoms. The van der Waals surface area contributed by atoms with Crippen molar-refractivity contribution < 1.29 is 0 Å². The summed E-state index contributed by atoms with van der Waals surface area (Å²) in [4.78, 5) is 19.5. The summed E-state index contributed by atoms with van der Waals surface area (Å²) in [5.74, 6) is 0.967. The van der Waals surface area contributed by atoms with Gasteiger partial charge < -0.3 is 9.80 Å². The monoisotopic (exact) mass is 346 g/mol. The average molecular weight is 346 g/mol. The summed E-state index contributed by atoms with van der Waals surface area (Å²) >= 11 is 0. The molecule has 0 radical (unpaired) electrons. The molecule has 0 unspecified atom stereocenters. The number of fused-ring (bicyclic) bond motifs is 5. The first-order valence-electron chi connectivity index (χ1n) is 9.19. The number of nitrogens with zero attached hydrogens (tertiary/aromatic N) is 6. The molecule has 6 heteroatoms. The predicted octanol–water partition coefficient (Wildman–Crippen LogP) is 2.88. The van der Waals surface area contributed by atoms with Gasteiger partial charge in [-0.3, -0.25) is 4.40 Å². The lowest BCUT2D eigenvalue weighted by molar-refractivity contribution is 0.360. The first-order chi connectivity index (χ1) is 12.7. The van der Waals surface area contributed by atoms with Gasteiger partial charge in [0.25, 0.3) is 0 Å². The van der Waals surface area contributed by atoms with Crippen LogP contribution in [0.5, 0.6) is 0 Å². The second-order valence-corrected chi connectivity index (χ2v) is 7.13. The Balaban J connectivity index is 1.83. The quantitative estimate of drug-likeness (QED) is 0.530. The Labute approximate surface area is 152 Å². The van der Waals surface area contributed by atoms with E-state index < -0.39 is 0 Å². The highest BCUT2D eigenvalue weighted by molar-refractivity contribution is 5.91. The fourth-order valence-electron chi connectivity index (χ4n) is 3.81. The van der Waals surface area contributed by atoms with Crippen LogP contribution >= 0.6 is 0 Å². The van der Waals surface area contributed by atoms with Gasteiger partial charge in [0, 0.05) is 25.3 Å². The molecule has 0 saturated carbocycles. The number of anilines is 1. The zero-order chi connectivity index (χ0) is 17.7. The Morgan fingerprint density at radius 3 is 2.62 bits per heavy atom. The molecule has 132 valence electrons.